The molecule has 0 aliphatic heterocycles. The number of pyridine rings is 1. The molecule has 2 N–H and O–H groups in total. The van der Waals surface area contributed by atoms with Gasteiger partial charge in [-0.25, -0.2) is 15.0 Å². The molecule has 11 heteroatoms. The van der Waals surface area contributed by atoms with E-state index in [1.165, 1.54) is 12.1 Å². The molecule has 29 heavy (non-hydrogen) atoms. The summed E-state index contributed by atoms with van der Waals surface area (Å²) in [6, 6.07) is 3.61. The van der Waals surface area contributed by atoms with E-state index in [9.17, 15) is 22.8 Å². The lowest BCUT2D eigenvalue weighted by molar-refractivity contribution is -0.153. The van der Waals surface area contributed by atoms with Crippen LogP contribution in [0, 0.1) is 6.92 Å². The molecule has 2 aromatic heterocycles. The predicted molar refractivity (Wildman–Crippen MR) is 97.4 cm³/mol. The minimum atomic E-state index is -4.46. The van der Waals surface area contributed by atoms with Crippen molar-refractivity contribution in [3.8, 4) is 5.75 Å². The van der Waals surface area contributed by atoms with E-state index in [1.807, 2.05) is 0 Å². The largest absolute Gasteiger partial charge is 0.483 e. The smallest absolute Gasteiger partial charge is 0.422 e. The van der Waals surface area contributed by atoms with Crippen LogP contribution in [0.5, 0.6) is 5.75 Å². The number of anilines is 1. The molecule has 0 aliphatic carbocycles. The van der Waals surface area contributed by atoms with Gasteiger partial charge >= 0.3 is 6.18 Å². The van der Waals surface area contributed by atoms with Crippen LogP contribution in [-0.2, 0) is 4.79 Å². The van der Waals surface area contributed by atoms with Crippen LogP contribution in [0.1, 0.15) is 48.2 Å². The lowest BCUT2D eigenvalue weighted by Crippen LogP contribution is -2.28. The van der Waals surface area contributed by atoms with Gasteiger partial charge in [-0.05, 0) is 32.0 Å². The predicted octanol–water partition coefficient (Wildman–Crippen LogP) is 2.96. The van der Waals surface area contributed by atoms with Crippen LogP contribution < -0.4 is 15.4 Å². The Labute approximate surface area is 164 Å². The van der Waals surface area contributed by atoms with Gasteiger partial charge in [-0.2, -0.15) is 13.2 Å². The molecule has 0 saturated heterocycles. The van der Waals surface area contributed by atoms with E-state index in [0.717, 1.165) is 6.20 Å². The maximum absolute atomic E-state index is 12.3. The highest BCUT2D eigenvalue weighted by atomic mass is 19.4. The number of nitrogens with one attached hydrogen (secondary N) is 2. The Hall–Kier alpha value is -3.24. The third kappa shape index (κ3) is 7.01. The summed E-state index contributed by atoms with van der Waals surface area (Å²) in [4.78, 5) is 36.0. The van der Waals surface area contributed by atoms with Crippen molar-refractivity contribution in [2.75, 3.05) is 11.9 Å². The molecule has 0 aliphatic rings. The molecule has 0 fully saturated rings. The van der Waals surface area contributed by atoms with Gasteiger partial charge < -0.3 is 10.1 Å². The van der Waals surface area contributed by atoms with Crippen LogP contribution in [0.25, 0.3) is 0 Å². The lowest BCUT2D eigenvalue weighted by Gasteiger charge is -2.15. The normalized spacial score (nSPS) is 12.2. The van der Waals surface area contributed by atoms with Gasteiger partial charge in [0.05, 0.1) is 17.9 Å². The lowest BCUT2D eigenvalue weighted by atomic mass is 10.2. The van der Waals surface area contributed by atoms with Gasteiger partial charge in [-0.15, -0.1) is 0 Å². The number of alkyl halides is 3. The second-order valence-corrected chi connectivity index (χ2v) is 6.14. The molecule has 0 saturated carbocycles. The summed E-state index contributed by atoms with van der Waals surface area (Å²) >= 11 is 0. The Kier molecular flexibility index (Phi) is 7.08. The van der Waals surface area contributed by atoms with Crippen molar-refractivity contribution in [2.45, 2.75) is 39.4 Å². The fourth-order valence-corrected chi connectivity index (χ4v) is 2.19. The van der Waals surface area contributed by atoms with E-state index in [-0.39, 0.29) is 29.7 Å². The fraction of sp³-hybridized carbons (Fsp3) is 0.389. The summed E-state index contributed by atoms with van der Waals surface area (Å²) in [5, 5.41) is 5.25. The molecule has 0 radical (unpaired) electrons. The average molecular weight is 411 g/mol. The Morgan fingerprint density at radius 1 is 1.24 bits per heavy atom. The average Bonchev–Trinajstić information content (AvgIpc) is 2.65. The second kappa shape index (κ2) is 9.30. The number of ether oxygens (including phenoxy) is 1. The topological polar surface area (TPSA) is 106 Å². The molecule has 0 bridgehead atoms. The van der Waals surface area contributed by atoms with E-state index < -0.39 is 24.7 Å². The highest BCUT2D eigenvalue weighted by molar-refractivity contribution is 5.92. The molecule has 2 aromatic rings. The SMILES string of the molecule is CCC(=O)Nc1nc(C)cc(C(C)NC(=O)c2ccc(OCC(F)(F)F)cn2)n1. The summed E-state index contributed by atoms with van der Waals surface area (Å²) in [7, 11) is 0. The zero-order valence-corrected chi connectivity index (χ0v) is 16.0. The number of aryl methyl sites for hydroxylation is 1. The molecule has 1 unspecified atom stereocenters. The molecule has 0 spiro atoms. The molecule has 2 heterocycles. The number of carbonyl (C=O) groups excluding carboxylic acids is 2. The Morgan fingerprint density at radius 2 is 1.97 bits per heavy atom. The minimum Gasteiger partial charge on any atom is -0.483 e. The molecular weight excluding hydrogens is 391 g/mol. The van der Waals surface area contributed by atoms with Crippen LogP contribution in [0.3, 0.4) is 0 Å². The summed E-state index contributed by atoms with van der Waals surface area (Å²) in [5.74, 6) is -0.752. The Bertz CT molecular complexity index is 872. The monoisotopic (exact) mass is 411 g/mol. The van der Waals surface area contributed by atoms with Crippen molar-refractivity contribution in [3.63, 3.8) is 0 Å². The van der Waals surface area contributed by atoms with Gasteiger partial charge in [-0.1, -0.05) is 6.92 Å². The first kappa shape index (κ1) is 22.1. The van der Waals surface area contributed by atoms with E-state index >= 15 is 0 Å². The van der Waals surface area contributed by atoms with Gasteiger partial charge in [0.1, 0.15) is 11.4 Å². The number of aromatic nitrogens is 3. The van der Waals surface area contributed by atoms with Gasteiger partial charge in [0.2, 0.25) is 11.9 Å². The minimum absolute atomic E-state index is 0.00139. The first-order valence-corrected chi connectivity index (χ1v) is 8.69. The van der Waals surface area contributed by atoms with E-state index in [0.29, 0.717) is 11.4 Å². The number of halogens is 3. The van der Waals surface area contributed by atoms with Crippen LogP contribution in [-0.4, -0.2) is 39.5 Å². The first-order chi connectivity index (χ1) is 13.6. The molecule has 2 amide bonds. The molecule has 2 rings (SSSR count). The Balaban J connectivity index is 2.04. The number of hydrogen-bond acceptors (Lipinski definition) is 6. The Morgan fingerprint density at radius 3 is 2.55 bits per heavy atom. The maximum atomic E-state index is 12.3. The van der Waals surface area contributed by atoms with Crippen LogP contribution in [0.15, 0.2) is 24.4 Å². The molecular formula is C18H20F3N5O3. The van der Waals surface area contributed by atoms with Crippen LogP contribution >= 0.6 is 0 Å². The highest BCUT2D eigenvalue weighted by Gasteiger charge is 2.28. The standard InChI is InChI=1S/C18H20F3N5O3/c1-4-15(27)26-17-23-10(2)7-14(25-17)11(3)24-16(28)13-6-5-12(8-22-13)29-9-18(19,20)21/h5-8,11H,4,9H2,1-3H3,(H,24,28)(H,23,25,26,27). The van der Waals surface area contributed by atoms with Crippen LogP contribution in [0.2, 0.25) is 0 Å². The molecule has 1 atom stereocenters. The third-order valence-corrected chi connectivity index (χ3v) is 3.61. The van der Waals surface area contributed by atoms with Crippen molar-refractivity contribution < 1.29 is 27.5 Å². The van der Waals surface area contributed by atoms with Crippen molar-refractivity contribution in [2.24, 2.45) is 0 Å². The number of rotatable bonds is 7. The fourth-order valence-electron chi connectivity index (χ4n) is 2.19. The van der Waals surface area contributed by atoms with Crippen molar-refractivity contribution in [1.29, 1.82) is 0 Å². The van der Waals surface area contributed by atoms with Crippen molar-refractivity contribution in [3.05, 3.63) is 41.5 Å². The number of carbonyl (C=O) groups is 2. The summed E-state index contributed by atoms with van der Waals surface area (Å²) < 4.78 is 41.0. The first-order valence-electron chi connectivity index (χ1n) is 8.69. The molecule has 0 aromatic carbocycles. The number of hydrogen-bond donors (Lipinski definition) is 2. The summed E-state index contributed by atoms with van der Waals surface area (Å²) in [5.41, 5.74) is 1.08. The van der Waals surface area contributed by atoms with E-state index in [4.69, 9.17) is 0 Å². The van der Waals surface area contributed by atoms with E-state index in [2.05, 4.69) is 30.3 Å². The van der Waals surface area contributed by atoms with Gasteiger partial charge in [-0.3, -0.25) is 14.9 Å². The second-order valence-electron chi connectivity index (χ2n) is 6.14. The maximum Gasteiger partial charge on any atom is 0.422 e. The zero-order valence-electron chi connectivity index (χ0n) is 16.0. The highest BCUT2D eigenvalue weighted by Crippen LogP contribution is 2.18. The summed E-state index contributed by atoms with van der Waals surface area (Å²) in [6.45, 7) is 3.66. The summed E-state index contributed by atoms with van der Waals surface area (Å²) in [6.07, 6.45) is -3.15. The van der Waals surface area contributed by atoms with Gasteiger partial charge in [0.25, 0.3) is 5.91 Å². The van der Waals surface area contributed by atoms with Crippen LogP contribution in [0.4, 0.5) is 19.1 Å². The molecule has 8 nitrogen and oxygen atoms in total. The number of amides is 2. The molecule has 156 valence electrons. The zero-order chi connectivity index (χ0) is 21.6. The van der Waals surface area contributed by atoms with Crippen molar-refractivity contribution >= 4 is 17.8 Å². The van der Waals surface area contributed by atoms with Gasteiger partial charge in [0.15, 0.2) is 6.61 Å². The van der Waals surface area contributed by atoms with Crippen molar-refractivity contribution in [1.82, 2.24) is 20.3 Å². The number of nitrogens with zero attached hydrogens (tertiary/aromatic N) is 3. The quantitative estimate of drug-likeness (QED) is 0.726. The third-order valence-electron chi connectivity index (χ3n) is 3.61. The van der Waals surface area contributed by atoms with Gasteiger partial charge in [0, 0.05) is 12.1 Å². The van der Waals surface area contributed by atoms with E-state index in [1.54, 1.807) is 26.8 Å².